The lowest BCUT2D eigenvalue weighted by Crippen LogP contribution is -2.41. The lowest BCUT2D eigenvalue weighted by atomic mass is 10.2. The van der Waals surface area contributed by atoms with Crippen molar-refractivity contribution in [1.29, 1.82) is 0 Å². The SMILES string of the molecule is O=C(N(Cc1ccccc1)c1nn(Cc2c(Cl)cccc2Cl)c2cc(Br)cnc12)C(F)(F)F. The second-order valence-corrected chi connectivity index (χ2v) is 8.81. The predicted octanol–water partition coefficient (Wildman–Crippen LogP) is 6.64. The summed E-state index contributed by atoms with van der Waals surface area (Å²) in [5.74, 6) is -2.26. The monoisotopic (exact) mass is 556 g/mol. The molecule has 11 heteroatoms. The van der Waals surface area contributed by atoms with E-state index in [1.807, 2.05) is 0 Å². The van der Waals surface area contributed by atoms with Crippen LogP contribution >= 0.6 is 39.1 Å². The van der Waals surface area contributed by atoms with E-state index >= 15 is 0 Å². The molecular formula is C22H14BrCl2F3N4O. The summed E-state index contributed by atoms with van der Waals surface area (Å²) in [6.07, 6.45) is -3.68. The van der Waals surface area contributed by atoms with Gasteiger partial charge in [0, 0.05) is 26.3 Å². The lowest BCUT2D eigenvalue weighted by molar-refractivity contribution is -0.170. The standard InChI is InChI=1S/C22H14BrCl2F3N4O/c23-14-9-18-19(29-10-14)20(30-32(18)12-15-16(24)7-4-8-17(15)25)31(21(33)22(26,27)28)11-13-5-2-1-3-6-13/h1-10H,11-12H2. The molecule has 0 aliphatic carbocycles. The molecule has 33 heavy (non-hydrogen) atoms. The Morgan fingerprint density at radius 3 is 2.36 bits per heavy atom. The molecule has 0 aliphatic rings. The summed E-state index contributed by atoms with van der Waals surface area (Å²) in [5, 5.41) is 5.12. The molecule has 0 unspecified atom stereocenters. The van der Waals surface area contributed by atoms with Crippen LogP contribution in [0.3, 0.4) is 0 Å². The number of nitrogens with zero attached hydrogens (tertiary/aromatic N) is 4. The van der Waals surface area contributed by atoms with E-state index in [2.05, 4.69) is 26.0 Å². The molecule has 1 amide bonds. The number of halogens is 6. The van der Waals surface area contributed by atoms with Gasteiger partial charge < -0.3 is 0 Å². The van der Waals surface area contributed by atoms with Crippen LogP contribution in [0.25, 0.3) is 11.0 Å². The molecule has 0 saturated carbocycles. The number of hydrogen-bond donors (Lipinski definition) is 0. The zero-order valence-electron chi connectivity index (χ0n) is 16.7. The minimum atomic E-state index is -5.10. The number of fused-ring (bicyclic) bond motifs is 1. The maximum atomic E-state index is 13.5. The van der Waals surface area contributed by atoms with Gasteiger partial charge in [0.2, 0.25) is 0 Å². The van der Waals surface area contributed by atoms with Crippen LogP contribution in [-0.4, -0.2) is 26.8 Å². The summed E-state index contributed by atoms with van der Waals surface area (Å²) in [4.78, 5) is 17.3. The molecule has 0 N–H and O–H groups in total. The molecule has 4 aromatic rings. The zero-order valence-corrected chi connectivity index (χ0v) is 19.8. The first-order valence-electron chi connectivity index (χ1n) is 9.52. The minimum absolute atomic E-state index is 0.0620. The third-order valence-electron chi connectivity index (χ3n) is 4.84. The first-order chi connectivity index (χ1) is 15.6. The van der Waals surface area contributed by atoms with Crippen LogP contribution < -0.4 is 4.90 Å². The van der Waals surface area contributed by atoms with Crippen molar-refractivity contribution in [3.8, 4) is 0 Å². The van der Waals surface area contributed by atoms with Gasteiger partial charge in [0.15, 0.2) is 5.82 Å². The number of anilines is 1. The van der Waals surface area contributed by atoms with Gasteiger partial charge >= 0.3 is 12.1 Å². The fraction of sp³-hybridized carbons (Fsp3) is 0.136. The van der Waals surface area contributed by atoms with Gasteiger partial charge in [-0.15, -0.1) is 0 Å². The van der Waals surface area contributed by atoms with Crippen LogP contribution in [0, 0.1) is 0 Å². The summed E-state index contributed by atoms with van der Waals surface area (Å²) >= 11 is 15.9. The van der Waals surface area contributed by atoms with Crippen molar-refractivity contribution in [1.82, 2.24) is 14.8 Å². The molecule has 2 heterocycles. The summed E-state index contributed by atoms with van der Waals surface area (Å²) in [6, 6.07) is 15.0. The van der Waals surface area contributed by atoms with E-state index in [4.69, 9.17) is 23.2 Å². The number of hydrogen-bond acceptors (Lipinski definition) is 3. The number of amides is 1. The number of benzene rings is 2. The average molecular weight is 558 g/mol. The van der Waals surface area contributed by atoms with Crippen LogP contribution in [0.5, 0.6) is 0 Å². The predicted molar refractivity (Wildman–Crippen MR) is 124 cm³/mol. The first-order valence-corrected chi connectivity index (χ1v) is 11.1. The zero-order chi connectivity index (χ0) is 23.8. The molecule has 0 aliphatic heterocycles. The van der Waals surface area contributed by atoms with Crippen LogP contribution in [0.2, 0.25) is 10.0 Å². The third kappa shape index (κ3) is 5.00. The molecule has 2 aromatic heterocycles. The number of carbonyl (C=O) groups is 1. The Morgan fingerprint density at radius 1 is 1.06 bits per heavy atom. The van der Waals surface area contributed by atoms with Crippen molar-refractivity contribution >= 4 is 61.9 Å². The van der Waals surface area contributed by atoms with E-state index in [-0.39, 0.29) is 24.4 Å². The largest absolute Gasteiger partial charge is 0.471 e. The fourth-order valence-corrected chi connectivity index (χ4v) is 4.15. The molecule has 0 bridgehead atoms. The van der Waals surface area contributed by atoms with Gasteiger partial charge in [0.05, 0.1) is 18.6 Å². The van der Waals surface area contributed by atoms with Gasteiger partial charge in [-0.2, -0.15) is 18.3 Å². The second kappa shape index (κ2) is 9.32. The number of aromatic nitrogens is 3. The quantitative estimate of drug-likeness (QED) is 0.276. The topological polar surface area (TPSA) is 51.0 Å². The van der Waals surface area contributed by atoms with Gasteiger partial charge in [-0.1, -0.05) is 59.6 Å². The van der Waals surface area contributed by atoms with Crippen LogP contribution in [-0.2, 0) is 17.9 Å². The van der Waals surface area contributed by atoms with Gasteiger partial charge in [0.1, 0.15) is 5.52 Å². The minimum Gasteiger partial charge on any atom is -0.281 e. The summed E-state index contributed by atoms with van der Waals surface area (Å²) < 4.78 is 42.6. The highest BCUT2D eigenvalue weighted by atomic mass is 79.9. The van der Waals surface area contributed by atoms with Crippen LogP contribution in [0.1, 0.15) is 11.1 Å². The Kier molecular flexibility index (Phi) is 6.65. The molecule has 2 aromatic carbocycles. The van der Waals surface area contributed by atoms with E-state index in [1.165, 1.54) is 10.9 Å². The highest BCUT2D eigenvalue weighted by Crippen LogP contribution is 2.33. The van der Waals surface area contributed by atoms with Crippen molar-refractivity contribution in [2.24, 2.45) is 0 Å². The van der Waals surface area contributed by atoms with E-state index < -0.39 is 12.1 Å². The van der Waals surface area contributed by atoms with Gasteiger partial charge in [-0.25, -0.2) is 4.98 Å². The number of pyridine rings is 1. The molecule has 170 valence electrons. The van der Waals surface area contributed by atoms with Gasteiger partial charge in [-0.3, -0.25) is 14.4 Å². The van der Waals surface area contributed by atoms with Crippen molar-refractivity contribution < 1.29 is 18.0 Å². The number of alkyl halides is 3. The Hall–Kier alpha value is -2.62. The van der Waals surface area contributed by atoms with Crippen molar-refractivity contribution in [3.05, 3.63) is 86.4 Å². The maximum Gasteiger partial charge on any atom is 0.471 e. The molecule has 4 rings (SSSR count). The molecule has 0 radical (unpaired) electrons. The highest BCUT2D eigenvalue weighted by Gasteiger charge is 2.44. The fourth-order valence-electron chi connectivity index (χ4n) is 3.31. The van der Waals surface area contributed by atoms with Crippen LogP contribution in [0.15, 0.2) is 65.3 Å². The Balaban J connectivity index is 1.88. The smallest absolute Gasteiger partial charge is 0.281 e. The molecule has 5 nitrogen and oxygen atoms in total. The lowest BCUT2D eigenvalue weighted by Gasteiger charge is -2.21. The Labute approximate surface area is 204 Å². The third-order valence-corrected chi connectivity index (χ3v) is 5.98. The summed E-state index contributed by atoms with van der Waals surface area (Å²) in [5.41, 5.74) is 1.58. The molecular weight excluding hydrogens is 544 g/mol. The first kappa shape index (κ1) is 23.5. The molecule has 0 fully saturated rings. The number of carbonyl (C=O) groups excluding carboxylic acids is 1. The highest BCUT2D eigenvalue weighted by molar-refractivity contribution is 9.10. The van der Waals surface area contributed by atoms with Crippen molar-refractivity contribution in [2.45, 2.75) is 19.3 Å². The second-order valence-electron chi connectivity index (χ2n) is 7.08. The normalized spacial score (nSPS) is 11.7. The van der Waals surface area contributed by atoms with E-state index in [1.54, 1.807) is 54.6 Å². The van der Waals surface area contributed by atoms with E-state index in [9.17, 15) is 18.0 Å². The maximum absolute atomic E-state index is 13.5. The molecule has 0 spiro atoms. The summed E-state index contributed by atoms with van der Waals surface area (Å²) in [7, 11) is 0. The van der Waals surface area contributed by atoms with E-state index in [0.717, 1.165) is 0 Å². The van der Waals surface area contributed by atoms with Crippen molar-refractivity contribution in [2.75, 3.05) is 4.90 Å². The molecule has 0 atom stereocenters. The Bertz CT molecular complexity index is 1310. The van der Waals surface area contributed by atoms with Gasteiger partial charge in [0.25, 0.3) is 0 Å². The average Bonchev–Trinajstić information content (AvgIpc) is 3.11. The molecule has 0 saturated heterocycles. The van der Waals surface area contributed by atoms with Crippen LogP contribution in [0.4, 0.5) is 19.0 Å². The number of rotatable bonds is 5. The summed E-state index contributed by atoms with van der Waals surface area (Å²) in [6.45, 7) is -0.275. The van der Waals surface area contributed by atoms with E-state index in [0.29, 0.717) is 36.1 Å². The van der Waals surface area contributed by atoms with Gasteiger partial charge in [-0.05, 0) is 39.7 Å². The van der Waals surface area contributed by atoms with Crippen molar-refractivity contribution in [3.63, 3.8) is 0 Å². The Morgan fingerprint density at radius 2 is 1.73 bits per heavy atom.